The number of amides is 2. The topological polar surface area (TPSA) is 77.9 Å². The second kappa shape index (κ2) is 8.52. The minimum atomic E-state index is -0.0855. The van der Waals surface area contributed by atoms with Gasteiger partial charge in [0.2, 0.25) is 5.88 Å². The van der Waals surface area contributed by atoms with Crippen LogP contribution < -0.4 is 15.0 Å². The van der Waals surface area contributed by atoms with Gasteiger partial charge in [-0.15, -0.1) is 0 Å². The first kappa shape index (κ1) is 20.5. The van der Waals surface area contributed by atoms with Crippen molar-refractivity contribution in [3.63, 3.8) is 0 Å². The van der Waals surface area contributed by atoms with Crippen LogP contribution in [0.2, 0.25) is 0 Å². The molecule has 0 saturated carbocycles. The lowest BCUT2D eigenvalue weighted by atomic mass is 9.73. The van der Waals surface area contributed by atoms with Crippen LogP contribution in [0.5, 0.6) is 11.6 Å². The number of pyridine rings is 1. The fraction of sp³-hybridized carbons (Fsp3) is 0.478. The first-order valence-corrected chi connectivity index (χ1v) is 10.6. The van der Waals surface area contributed by atoms with Gasteiger partial charge >= 0.3 is 6.03 Å². The number of urea groups is 1. The van der Waals surface area contributed by atoms with Crippen LogP contribution >= 0.6 is 0 Å². The summed E-state index contributed by atoms with van der Waals surface area (Å²) in [6.45, 7) is 7.18. The van der Waals surface area contributed by atoms with Gasteiger partial charge in [0.25, 0.3) is 0 Å². The zero-order valence-electron chi connectivity index (χ0n) is 17.6. The molecule has 30 heavy (non-hydrogen) atoms. The maximum atomic E-state index is 12.6. The molecule has 1 aromatic heterocycles. The molecule has 3 saturated heterocycles. The Balaban J connectivity index is 1.52. The van der Waals surface area contributed by atoms with E-state index in [1.54, 1.807) is 6.20 Å². The molecule has 4 heterocycles. The molecule has 2 bridgehead atoms. The summed E-state index contributed by atoms with van der Waals surface area (Å²) in [5.74, 6) is 1.73. The number of aliphatic hydroxyl groups excluding tert-OH is 1. The van der Waals surface area contributed by atoms with E-state index in [4.69, 9.17) is 9.84 Å². The number of hydrogen-bond donors (Lipinski definition) is 2. The molecule has 1 aromatic carbocycles. The number of aromatic nitrogens is 1. The number of piperidine rings is 1. The molecule has 2 N–H and O–H groups in total. The van der Waals surface area contributed by atoms with E-state index in [9.17, 15) is 4.79 Å². The van der Waals surface area contributed by atoms with Gasteiger partial charge in [-0.25, -0.2) is 9.78 Å². The molecule has 0 spiro atoms. The van der Waals surface area contributed by atoms with Gasteiger partial charge < -0.3 is 25.0 Å². The first-order chi connectivity index (χ1) is 14.5. The number of nitrogens with one attached hydrogen (secondary N) is 1. The lowest BCUT2D eigenvalue weighted by molar-refractivity contribution is 0.185. The van der Waals surface area contributed by atoms with Crippen LogP contribution in [0.1, 0.15) is 20.3 Å². The van der Waals surface area contributed by atoms with Crippen LogP contribution in [0.15, 0.2) is 48.7 Å². The third-order valence-corrected chi connectivity index (χ3v) is 6.12. The van der Waals surface area contributed by atoms with Gasteiger partial charge in [-0.3, -0.25) is 0 Å². The van der Waals surface area contributed by atoms with Crippen LogP contribution in [-0.4, -0.2) is 59.8 Å². The van der Waals surface area contributed by atoms with Crippen molar-refractivity contribution in [2.24, 2.45) is 11.3 Å². The number of carbonyl (C=O) groups excluding carboxylic acids is 1. The first-order valence-electron chi connectivity index (χ1n) is 10.6. The molecule has 0 radical (unpaired) electrons. The van der Waals surface area contributed by atoms with Crippen LogP contribution in [0.3, 0.4) is 0 Å². The van der Waals surface area contributed by atoms with Crippen molar-refractivity contribution in [1.82, 2.24) is 15.2 Å². The predicted molar refractivity (Wildman–Crippen MR) is 116 cm³/mol. The SMILES string of the molecule is CC1(C)CC2CN(C(=O)NCCO)C[C@H]1N(c1ccc(Oc3ccccn3)cc1)C2. The molecule has 1 unspecified atom stereocenters. The summed E-state index contributed by atoms with van der Waals surface area (Å²) in [4.78, 5) is 21.1. The highest BCUT2D eigenvalue weighted by atomic mass is 16.5. The van der Waals surface area contributed by atoms with Gasteiger partial charge in [0.1, 0.15) is 5.75 Å². The van der Waals surface area contributed by atoms with E-state index in [0.717, 1.165) is 30.9 Å². The third kappa shape index (κ3) is 4.36. The monoisotopic (exact) mass is 410 g/mol. The van der Waals surface area contributed by atoms with E-state index in [1.807, 2.05) is 35.2 Å². The highest BCUT2D eigenvalue weighted by Crippen LogP contribution is 2.43. The van der Waals surface area contributed by atoms with Gasteiger partial charge in [-0.05, 0) is 48.1 Å². The third-order valence-electron chi connectivity index (χ3n) is 6.12. The van der Waals surface area contributed by atoms with Crippen molar-refractivity contribution in [3.8, 4) is 11.6 Å². The molecular weight excluding hydrogens is 380 g/mol. The lowest BCUT2D eigenvalue weighted by Crippen LogP contribution is -2.54. The van der Waals surface area contributed by atoms with E-state index in [-0.39, 0.29) is 30.6 Å². The number of benzene rings is 1. The average Bonchev–Trinajstić information content (AvgIpc) is 3.00. The fourth-order valence-corrected chi connectivity index (χ4v) is 4.79. The highest BCUT2D eigenvalue weighted by Gasteiger charge is 2.46. The van der Waals surface area contributed by atoms with Gasteiger partial charge in [-0.2, -0.15) is 0 Å². The summed E-state index contributed by atoms with van der Waals surface area (Å²) in [7, 11) is 0. The van der Waals surface area contributed by atoms with E-state index < -0.39 is 0 Å². The smallest absolute Gasteiger partial charge is 0.317 e. The molecule has 3 aliphatic heterocycles. The lowest BCUT2D eigenvalue weighted by Gasteiger charge is -2.48. The molecule has 0 aliphatic carbocycles. The Morgan fingerprint density at radius 2 is 2.00 bits per heavy atom. The molecule has 5 rings (SSSR count). The Morgan fingerprint density at radius 1 is 1.20 bits per heavy atom. The largest absolute Gasteiger partial charge is 0.439 e. The minimum absolute atomic E-state index is 0.0447. The van der Waals surface area contributed by atoms with Crippen molar-refractivity contribution in [2.75, 3.05) is 37.7 Å². The van der Waals surface area contributed by atoms with E-state index in [1.165, 1.54) is 0 Å². The van der Waals surface area contributed by atoms with Crippen LogP contribution in [0.25, 0.3) is 0 Å². The number of nitrogens with zero attached hydrogens (tertiary/aromatic N) is 3. The number of carbonyl (C=O) groups is 1. The molecule has 7 heteroatoms. The Kier molecular flexibility index (Phi) is 5.81. The van der Waals surface area contributed by atoms with E-state index in [0.29, 0.717) is 18.3 Å². The summed E-state index contributed by atoms with van der Waals surface area (Å²) in [6.07, 6.45) is 2.81. The number of rotatable bonds is 5. The highest BCUT2D eigenvalue weighted by molar-refractivity contribution is 5.74. The molecule has 7 nitrogen and oxygen atoms in total. The summed E-state index contributed by atoms with van der Waals surface area (Å²) in [5.41, 5.74) is 1.24. The Hall–Kier alpha value is -2.80. The molecule has 160 valence electrons. The normalized spacial score (nSPS) is 22.5. The summed E-state index contributed by atoms with van der Waals surface area (Å²) in [5, 5.41) is 11.8. The van der Waals surface area contributed by atoms with Crippen molar-refractivity contribution in [2.45, 2.75) is 26.3 Å². The van der Waals surface area contributed by atoms with Gasteiger partial charge in [0.15, 0.2) is 0 Å². The zero-order valence-corrected chi connectivity index (χ0v) is 17.6. The fourth-order valence-electron chi connectivity index (χ4n) is 4.79. The van der Waals surface area contributed by atoms with Crippen LogP contribution in [0.4, 0.5) is 10.5 Å². The van der Waals surface area contributed by atoms with Gasteiger partial charge in [0, 0.05) is 44.1 Å². The molecule has 2 atom stereocenters. The van der Waals surface area contributed by atoms with Crippen LogP contribution in [0, 0.1) is 11.3 Å². The standard InChI is InChI=1S/C23H30N4O3/c1-23(2)13-17-14-26(22(29)25-11-12-28)16-20(23)27(15-17)18-6-8-19(9-7-18)30-21-5-3-4-10-24-21/h3-10,17,20,28H,11-16H2,1-2H3,(H,25,29)/t17?,20-/m1/s1. The zero-order chi connectivity index (χ0) is 21.1. The van der Waals surface area contributed by atoms with Crippen molar-refractivity contribution < 1.29 is 14.6 Å². The molecule has 2 amide bonds. The quantitative estimate of drug-likeness (QED) is 0.792. The maximum absolute atomic E-state index is 12.6. The van der Waals surface area contributed by atoms with Crippen molar-refractivity contribution in [1.29, 1.82) is 0 Å². The summed E-state index contributed by atoms with van der Waals surface area (Å²) < 4.78 is 5.82. The van der Waals surface area contributed by atoms with E-state index in [2.05, 4.69) is 41.2 Å². The Bertz CT molecular complexity index is 857. The van der Waals surface area contributed by atoms with Crippen LogP contribution in [-0.2, 0) is 0 Å². The molecular formula is C23H30N4O3. The second-order valence-electron chi connectivity index (χ2n) is 8.85. The average molecular weight is 411 g/mol. The van der Waals surface area contributed by atoms with Crippen molar-refractivity contribution >= 4 is 11.7 Å². The number of anilines is 1. The molecule has 3 fully saturated rings. The Labute approximate surface area is 177 Å². The Morgan fingerprint density at radius 3 is 2.70 bits per heavy atom. The molecule has 2 aromatic rings. The summed E-state index contributed by atoms with van der Waals surface area (Å²) in [6, 6.07) is 13.9. The van der Waals surface area contributed by atoms with Gasteiger partial charge in [0.05, 0.1) is 12.6 Å². The number of hydrogen-bond acceptors (Lipinski definition) is 5. The number of fused-ring (bicyclic) bond motifs is 4. The maximum Gasteiger partial charge on any atom is 0.317 e. The number of aliphatic hydroxyl groups is 1. The number of ether oxygens (including phenoxy) is 1. The van der Waals surface area contributed by atoms with E-state index >= 15 is 0 Å². The predicted octanol–water partition coefficient (Wildman–Crippen LogP) is 3.11. The summed E-state index contributed by atoms with van der Waals surface area (Å²) >= 11 is 0. The molecule has 3 aliphatic rings. The minimum Gasteiger partial charge on any atom is -0.439 e. The van der Waals surface area contributed by atoms with Gasteiger partial charge in [-0.1, -0.05) is 19.9 Å². The van der Waals surface area contributed by atoms with Crippen molar-refractivity contribution in [3.05, 3.63) is 48.7 Å². The second-order valence-corrected chi connectivity index (χ2v) is 8.85.